The summed E-state index contributed by atoms with van der Waals surface area (Å²) in [5.41, 5.74) is -0.237. The largest absolute Gasteiger partial charge is 0.573 e. The summed E-state index contributed by atoms with van der Waals surface area (Å²) in [5, 5.41) is 3.40. The minimum absolute atomic E-state index is 0.108. The molecule has 3 atom stereocenters. The van der Waals surface area contributed by atoms with E-state index < -0.39 is 23.9 Å². The molecule has 1 aliphatic heterocycles. The zero-order valence-electron chi connectivity index (χ0n) is 22.1. The van der Waals surface area contributed by atoms with Gasteiger partial charge in [-0.1, -0.05) is 12.8 Å². The lowest BCUT2D eigenvalue weighted by Crippen LogP contribution is -2.39. The van der Waals surface area contributed by atoms with E-state index in [1.807, 2.05) is 4.90 Å². The molecule has 222 valence electrons. The third-order valence-electron chi connectivity index (χ3n) is 7.87. The molecule has 1 N–H and O–H groups in total. The SMILES string of the molecule is Fc1cc(N2CCC[C@H](C[C@@H]3CCCC[C@H]3Nc3ncc(-c4ccc(OC(F)(F)F)cc4)o3)C2)ccc1C(F)(F)F. The van der Waals surface area contributed by atoms with Crippen molar-refractivity contribution >= 4 is 11.7 Å². The minimum atomic E-state index is -4.77. The highest BCUT2D eigenvalue weighted by atomic mass is 19.4. The molecule has 0 bridgehead atoms. The van der Waals surface area contributed by atoms with Crippen molar-refractivity contribution in [2.24, 2.45) is 11.8 Å². The number of anilines is 2. The molecule has 0 spiro atoms. The molecule has 41 heavy (non-hydrogen) atoms. The molecule has 12 heteroatoms. The van der Waals surface area contributed by atoms with Gasteiger partial charge in [-0.25, -0.2) is 9.37 Å². The normalized spacial score (nSPS) is 22.0. The van der Waals surface area contributed by atoms with Crippen LogP contribution < -0.4 is 15.0 Å². The predicted octanol–water partition coefficient (Wildman–Crippen LogP) is 8.68. The van der Waals surface area contributed by atoms with Gasteiger partial charge in [-0.05, 0) is 86.4 Å². The van der Waals surface area contributed by atoms with Crippen LogP contribution in [0.2, 0.25) is 0 Å². The monoisotopic (exact) mass is 585 g/mol. The third kappa shape index (κ3) is 7.45. The van der Waals surface area contributed by atoms with E-state index in [2.05, 4.69) is 15.0 Å². The number of benzene rings is 2. The molecule has 2 aromatic carbocycles. The summed E-state index contributed by atoms with van der Waals surface area (Å²) in [6, 6.07) is 8.92. The van der Waals surface area contributed by atoms with E-state index >= 15 is 0 Å². The lowest BCUT2D eigenvalue weighted by Gasteiger charge is -2.39. The Labute approximate surface area is 232 Å². The first-order valence-corrected chi connectivity index (χ1v) is 13.6. The number of oxazole rings is 1. The number of piperidine rings is 1. The molecule has 3 aromatic rings. The minimum Gasteiger partial charge on any atom is -0.424 e. The number of alkyl halides is 6. The van der Waals surface area contributed by atoms with Crippen molar-refractivity contribution in [1.29, 1.82) is 0 Å². The van der Waals surface area contributed by atoms with E-state index in [9.17, 15) is 30.7 Å². The topological polar surface area (TPSA) is 50.5 Å². The van der Waals surface area contributed by atoms with Crippen molar-refractivity contribution in [3.63, 3.8) is 0 Å². The summed E-state index contributed by atoms with van der Waals surface area (Å²) in [6.07, 6.45) is -1.14. The van der Waals surface area contributed by atoms with Crippen LogP contribution in [0.5, 0.6) is 5.75 Å². The van der Waals surface area contributed by atoms with Crippen LogP contribution in [-0.4, -0.2) is 30.5 Å². The summed E-state index contributed by atoms with van der Waals surface area (Å²) in [4.78, 5) is 6.29. The van der Waals surface area contributed by atoms with Crippen molar-refractivity contribution in [1.82, 2.24) is 4.98 Å². The van der Waals surface area contributed by atoms with Gasteiger partial charge in [-0.15, -0.1) is 13.2 Å². The van der Waals surface area contributed by atoms with Crippen molar-refractivity contribution in [2.45, 2.75) is 63.5 Å². The summed E-state index contributed by atoms with van der Waals surface area (Å²) in [5.74, 6) is -0.546. The smallest absolute Gasteiger partial charge is 0.424 e. The number of ether oxygens (including phenoxy) is 1. The Morgan fingerprint density at radius 2 is 1.71 bits per heavy atom. The van der Waals surface area contributed by atoms with Crippen LogP contribution in [0.4, 0.5) is 42.4 Å². The number of rotatable bonds is 7. The first-order chi connectivity index (χ1) is 19.4. The molecule has 2 fully saturated rings. The number of hydrogen-bond acceptors (Lipinski definition) is 5. The molecular formula is C29H30F7N3O2. The Kier molecular flexibility index (Phi) is 8.37. The molecule has 1 aliphatic carbocycles. The molecule has 0 amide bonds. The van der Waals surface area contributed by atoms with Gasteiger partial charge >= 0.3 is 12.5 Å². The molecule has 0 unspecified atom stereocenters. The third-order valence-corrected chi connectivity index (χ3v) is 7.87. The molecule has 2 heterocycles. The second-order valence-corrected chi connectivity index (χ2v) is 10.7. The standard InChI is InChI=1S/C29H30F7N3O2/c30-24-15-21(9-12-23(24)28(31,32)33)39-13-3-4-18(17-39)14-20-5-1-2-6-25(20)38-27-37-16-26(40-27)19-7-10-22(11-8-19)41-29(34,35)36/h7-12,15-16,18,20,25H,1-6,13-14,17H2,(H,37,38)/t18-,20+,25-/m1/s1. The maximum Gasteiger partial charge on any atom is 0.573 e. The Morgan fingerprint density at radius 3 is 2.41 bits per heavy atom. The second-order valence-electron chi connectivity index (χ2n) is 10.7. The maximum atomic E-state index is 14.2. The van der Waals surface area contributed by atoms with Crippen LogP contribution in [0.15, 0.2) is 53.1 Å². The molecule has 1 saturated heterocycles. The van der Waals surface area contributed by atoms with Crippen molar-refractivity contribution in [3.05, 3.63) is 60.0 Å². The Balaban J connectivity index is 1.20. The Bertz CT molecular complexity index is 1310. The van der Waals surface area contributed by atoms with Crippen LogP contribution in [0.1, 0.15) is 50.5 Å². The van der Waals surface area contributed by atoms with Gasteiger partial charge in [0.25, 0.3) is 6.01 Å². The van der Waals surface area contributed by atoms with E-state index in [0.29, 0.717) is 48.0 Å². The molecule has 1 saturated carbocycles. The molecule has 1 aromatic heterocycles. The highest BCUT2D eigenvalue weighted by Gasteiger charge is 2.35. The van der Waals surface area contributed by atoms with Crippen LogP contribution in [0.3, 0.4) is 0 Å². The fourth-order valence-corrected chi connectivity index (χ4v) is 5.98. The first kappa shape index (κ1) is 29.1. The van der Waals surface area contributed by atoms with Crippen LogP contribution in [0, 0.1) is 17.7 Å². The van der Waals surface area contributed by atoms with Gasteiger partial charge in [0.05, 0.1) is 11.8 Å². The lowest BCUT2D eigenvalue weighted by molar-refractivity contribution is -0.274. The molecule has 5 rings (SSSR count). The van der Waals surface area contributed by atoms with Crippen molar-refractivity contribution in [3.8, 4) is 17.1 Å². The fraction of sp³-hybridized carbons (Fsp3) is 0.483. The van der Waals surface area contributed by atoms with Crippen LogP contribution >= 0.6 is 0 Å². The highest BCUT2D eigenvalue weighted by molar-refractivity contribution is 5.58. The average Bonchev–Trinajstić information content (AvgIpc) is 3.37. The van der Waals surface area contributed by atoms with E-state index in [-0.39, 0.29) is 11.8 Å². The van der Waals surface area contributed by atoms with Crippen LogP contribution in [0.25, 0.3) is 11.3 Å². The van der Waals surface area contributed by atoms with Crippen molar-refractivity contribution < 1.29 is 39.9 Å². The highest BCUT2D eigenvalue weighted by Crippen LogP contribution is 2.37. The zero-order valence-corrected chi connectivity index (χ0v) is 22.1. The number of aromatic nitrogens is 1. The van der Waals surface area contributed by atoms with Gasteiger partial charge in [0.15, 0.2) is 5.76 Å². The van der Waals surface area contributed by atoms with Gasteiger partial charge < -0.3 is 19.4 Å². The first-order valence-electron chi connectivity index (χ1n) is 13.6. The zero-order chi connectivity index (χ0) is 29.2. The maximum absolute atomic E-state index is 14.2. The van der Waals surface area contributed by atoms with Crippen molar-refractivity contribution in [2.75, 3.05) is 23.3 Å². The van der Waals surface area contributed by atoms with E-state index in [1.165, 1.54) is 36.5 Å². The van der Waals surface area contributed by atoms with Gasteiger partial charge in [-0.3, -0.25) is 0 Å². The Morgan fingerprint density at radius 1 is 0.951 bits per heavy atom. The summed E-state index contributed by atoms with van der Waals surface area (Å²) in [6.45, 7) is 1.31. The van der Waals surface area contributed by atoms with Gasteiger partial charge in [-0.2, -0.15) is 13.2 Å². The van der Waals surface area contributed by atoms with Gasteiger partial charge in [0.1, 0.15) is 11.6 Å². The van der Waals surface area contributed by atoms with Gasteiger partial charge in [0.2, 0.25) is 0 Å². The summed E-state index contributed by atoms with van der Waals surface area (Å²) >= 11 is 0. The molecular weight excluding hydrogens is 555 g/mol. The molecule has 5 nitrogen and oxygen atoms in total. The summed E-state index contributed by atoms with van der Waals surface area (Å²) < 4.78 is 100. The number of nitrogens with one attached hydrogen (secondary N) is 1. The fourth-order valence-electron chi connectivity index (χ4n) is 5.98. The number of halogens is 7. The number of nitrogens with zero attached hydrogens (tertiary/aromatic N) is 2. The predicted molar refractivity (Wildman–Crippen MR) is 139 cm³/mol. The van der Waals surface area contributed by atoms with Crippen LogP contribution in [-0.2, 0) is 6.18 Å². The quantitative estimate of drug-likeness (QED) is 0.281. The molecule has 2 aliphatic rings. The average molecular weight is 586 g/mol. The van der Waals surface area contributed by atoms with E-state index in [4.69, 9.17) is 4.42 Å². The van der Waals surface area contributed by atoms with Gasteiger partial charge in [0, 0.05) is 30.4 Å². The summed E-state index contributed by atoms with van der Waals surface area (Å²) in [7, 11) is 0. The second kappa shape index (κ2) is 11.8. The lowest BCUT2D eigenvalue weighted by atomic mass is 9.77. The van der Waals surface area contributed by atoms with E-state index in [1.54, 1.807) is 0 Å². The number of hydrogen-bond donors (Lipinski definition) is 1. The molecule has 0 radical (unpaired) electrons. The Hall–Kier alpha value is -3.44. The van der Waals surface area contributed by atoms with E-state index in [0.717, 1.165) is 57.1 Å².